The number of anilines is 1. The lowest BCUT2D eigenvalue weighted by molar-refractivity contribution is -0.147. The molecule has 1 saturated carbocycles. The Morgan fingerprint density at radius 1 is 1.03 bits per heavy atom. The molecule has 178 valence electrons. The molecule has 2 aromatic carbocycles. The van der Waals surface area contributed by atoms with Gasteiger partial charge in [0.1, 0.15) is 6.61 Å². The molecule has 0 saturated heterocycles. The van der Waals surface area contributed by atoms with E-state index in [2.05, 4.69) is 5.32 Å². The first-order valence-electron chi connectivity index (χ1n) is 10.2. The number of halogens is 5. The fourth-order valence-electron chi connectivity index (χ4n) is 3.94. The molecule has 0 radical (unpaired) electrons. The van der Waals surface area contributed by atoms with Gasteiger partial charge < -0.3 is 14.8 Å². The summed E-state index contributed by atoms with van der Waals surface area (Å²) in [5.74, 6) is -6.35. The number of hydrogen-bond acceptors (Lipinski definition) is 4. The quantitative estimate of drug-likeness (QED) is 0.280. The van der Waals surface area contributed by atoms with E-state index >= 15 is 4.39 Å². The van der Waals surface area contributed by atoms with Gasteiger partial charge in [-0.25, -0.2) is 13.2 Å². The maximum atomic E-state index is 15.1. The standard InChI is InChI=1S/C24H24F5NO3/c1-24(2)16(9-17(25)26)18(24)23(31)33-12-15-20(28)19(27)14(11-32-3)21(29)22(15)30-10-13-7-5-4-6-8-13/h4-9,16,18,30H,10-12H2,1-3H3/t16-,18+/m1/s1. The highest BCUT2D eigenvalue weighted by Gasteiger charge is 2.62. The van der Waals surface area contributed by atoms with Crippen LogP contribution in [-0.2, 0) is 34.0 Å². The second kappa shape index (κ2) is 9.91. The molecule has 33 heavy (non-hydrogen) atoms. The second-order valence-electron chi connectivity index (χ2n) is 8.44. The van der Waals surface area contributed by atoms with Crippen LogP contribution in [0.25, 0.3) is 0 Å². The van der Waals surface area contributed by atoms with E-state index < -0.39 is 71.1 Å². The van der Waals surface area contributed by atoms with Crippen LogP contribution in [0, 0.1) is 34.7 Å². The highest BCUT2D eigenvalue weighted by atomic mass is 19.3. The van der Waals surface area contributed by atoms with Crippen molar-refractivity contribution in [2.45, 2.75) is 33.6 Å². The molecule has 1 fully saturated rings. The van der Waals surface area contributed by atoms with Crippen LogP contribution in [0.4, 0.5) is 27.6 Å². The Morgan fingerprint density at radius 3 is 2.27 bits per heavy atom. The highest BCUT2D eigenvalue weighted by Crippen LogP contribution is 2.60. The molecule has 3 rings (SSSR count). The zero-order chi connectivity index (χ0) is 24.3. The van der Waals surface area contributed by atoms with E-state index in [9.17, 15) is 22.4 Å². The molecule has 1 N–H and O–H groups in total. The molecule has 0 spiro atoms. The summed E-state index contributed by atoms with van der Waals surface area (Å²) in [5.41, 5.74) is -1.50. The lowest BCUT2D eigenvalue weighted by atomic mass is 10.1. The topological polar surface area (TPSA) is 47.6 Å². The third kappa shape index (κ3) is 5.19. The molecule has 2 aromatic rings. The number of carbonyl (C=O) groups is 1. The molecule has 0 heterocycles. The molecule has 0 aliphatic heterocycles. The maximum absolute atomic E-state index is 15.1. The Bertz CT molecular complexity index is 1050. The maximum Gasteiger partial charge on any atom is 0.310 e. The average molecular weight is 469 g/mol. The predicted molar refractivity (Wildman–Crippen MR) is 112 cm³/mol. The van der Waals surface area contributed by atoms with Crippen LogP contribution >= 0.6 is 0 Å². The van der Waals surface area contributed by atoms with E-state index in [4.69, 9.17) is 9.47 Å². The zero-order valence-electron chi connectivity index (χ0n) is 18.4. The van der Waals surface area contributed by atoms with Crippen molar-refractivity contribution in [1.82, 2.24) is 0 Å². The van der Waals surface area contributed by atoms with Crippen molar-refractivity contribution in [3.8, 4) is 0 Å². The first-order chi connectivity index (χ1) is 15.6. The van der Waals surface area contributed by atoms with Gasteiger partial charge in [-0.15, -0.1) is 0 Å². The predicted octanol–water partition coefficient (Wildman–Crippen LogP) is 5.96. The fraction of sp³-hybridized carbons (Fsp3) is 0.375. The van der Waals surface area contributed by atoms with Gasteiger partial charge in [-0.1, -0.05) is 44.2 Å². The number of nitrogens with one attached hydrogen (secondary N) is 1. The molecule has 0 aromatic heterocycles. The third-order valence-electron chi connectivity index (χ3n) is 5.94. The van der Waals surface area contributed by atoms with E-state index in [1.165, 1.54) is 7.11 Å². The number of allylic oxidation sites excluding steroid dienone is 1. The summed E-state index contributed by atoms with van der Waals surface area (Å²) in [6.07, 6.45) is -1.24. The van der Waals surface area contributed by atoms with E-state index in [1.54, 1.807) is 44.2 Å². The summed E-state index contributed by atoms with van der Waals surface area (Å²) < 4.78 is 79.7. The van der Waals surface area contributed by atoms with Crippen molar-refractivity contribution in [2.24, 2.45) is 17.3 Å². The molecule has 4 nitrogen and oxygen atoms in total. The molecule has 2 atom stereocenters. The van der Waals surface area contributed by atoms with Gasteiger partial charge in [0.15, 0.2) is 17.5 Å². The highest BCUT2D eigenvalue weighted by molar-refractivity contribution is 5.78. The van der Waals surface area contributed by atoms with Crippen molar-refractivity contribution in [3.63, 3.8) is 0 Å². The lowest BCUT2D eigenvalue weighted by Crippen LogP contribution is -2.16. The molecule has 0 amide bonds. The first-order valence-corrected chi connectivity index (χ1v) is 10.2. The SMILES string of the molecule is COCc1c(F)c(F)c(COC(=O)[C@@H]2[C@@H](C=C(F)F)C2(C)C)c(NCc2ccccc2)c1F. The van der Waals surface area contributed by atoms with Gasteiger partial charge in [0.25, 0.3) is 6.08 Å². The fourth-order valence-corrected chi connectivity index (χ4v) is 3.94. The smallest absolute Gasteiger partial charge is 0.310 e. The van der Waals surface area contributed by atoms with Gasteiger partial charge in [0, 0.05) is 19.6 Å². The minimum absolute atomic E-state index is 0.0918. The van der Waals surface area contributed by atoms with Gasteiger partial charge in [-0.05, 0) is 17.1 Å². The Hall–Kier alpha value is -2.94. The summed E-state index contributed by atoms with van der Waals surface area (Å²) in [6.45, 7) is 2.05. The Labute approximate surface area is 188 Å². The van der Waals surface area contributed by atoms with Crippen LogP contribution in [0.15, 0.2) is 42.5 Å². The molecular weight excluding hydrogens is 445 g/mol. The monoisotopic (exact) mass is 469 g/mol. The Kier molecular flexibility index (Phi) is 7.41. The summed E-state index contributed by atoms with van der Waals surface area (Å²) >= 11 is 0. The van der Waals surface area contributed by atoms with Crippen LogP contribution in [0.1, 0.15) is 30.5 Å². The minimum Gasteiger partial charge on any atom is -0.460 e. The molecule has 1 aliphatic rings. The van der Waals surface area contributed by atoms with Gasteiger partial charge in [-0.2, -0.15) is 8.78 Å². The van der Waals surface area contributed by atoms with Crippen LogP contribution in [0.2, 0.25) is 0 Å². The van der Waals surface area contributed by atoms with Crippen LogP contribution in [0.5, 0.6) is 0 Å². The number of methoxy groups -OCH3 is 1. The molecule has 0 unspecified atom stereocenters. The van der Waals surface area contributed by atoms with E-state index in [0.717, 1.165) is 5.56 Å². The summed E-state index contributed by atoms with van der Waals surface area (Å²) in [5, 5.41) is 2.75. The van der Waals surface area contributed by atoms with Gasteiger partial charge >= 0.3 is 5.97 Å². The van der Waals surface area contributed by atoms with Crippen LogP contribution < -0.4 is 5.32 Å². The van der Waals surface area contributed by atoms with Gasteiger partial charge in [0.2, 0.25) is 0 Å². The summed E-state index contributed by atoms with van der Waals surface area (Å²) in [7, 11) is 1.21. The minimum atomic E-state index is -1.92. The van der Waals surface area contributed by atoms with Crippen molar-refractivity contribution >= 4 is 11.7 Å². The Balaban J connectivity index is 1.87. The second-order valence-corrected chi connectivity index (χ2v) is 8.44. The number of hydrogen-bond donors (Lipinski definition) is 1. The lowest BCUT2D eigenvalue weighted by Gasteiger charge is -2.18. The van der Waals surface area contributed by atoms with Crippen molar-refractivity contribution in [1.29, 1.82) is 0 Å². The summed E-state index contributed by atoms with van der Waals surface area (Å²) in [4.78, 5) is 12.5. The first kappa shape index (κ1) is 24.7. The van der Waals surface area contributed by atoms with E-state index in [0.29, 0.717) is 6.08 Å². The average Bonchev–Trinajstić information content (AvgIpc) is 3.31. The third-order valence-corrected chi connectivity index (χ3v) is 5.94. The van der Waals surface area contributed by atoms with E-state index in [-0.39, 0.29) is 12.2 Å². The summed E-state index contributed by atoms with van der Waals surface area (Å²) in [6, 6.07) is 8.83. The van der Waals surface area contributed by atoms with Crippen molar-refractivity contribution in [3.05, 3.63) is 76.6 Å². The largest absolute Gasteiger partial charge is 0.460 e. The van der Waals surface area contributed by atoms with Gasteiger partial charge in [0.05, 0.1) is 29.3 Å². The zero-order valence-corrected chi connectivity index (χ0v) is 18.4. The van der Waals surface area contributed by atoms with Crippen molar-refractivity contribution in [2.75, 3.05) is 12.4 Å². The number of ether oxygens (including phenoxy) is 2. The molecular formula is C24H24F5NO3. The van der Waals surface area contributed by atoms with Crippen LogP contribution in [0.3, 0.4) is 0 Å². The molecule has 0 bridgehead atoms. The molecule has 1 aliphatic carbocycles. The number of benzene rings is 2. The normalized spacial score (nSPS) is 18.5. The Morgan fingerprint density at radius 2 is 1.67 bits per heavy atom. The van der Waals surface area contributed by atoms with Crippen molar-refractivity contribution < 1.29 is 36.2 Å². The number of esters is 1. The van der Waals surface area contributed by atoms with Crippen LogP contribution in [-0.4, -0.2) is 13.1 Å². The number of carbonyl (C=O) groups excluding carboxylic acids is 1. The van der Waals surface area contributed by atoms with E-state index in [1.807, 2.05) is 0 Å². The number of rotatable bonds is 9. The van der Waals surface area contributed by atoms with Gasteiger partial charge in [-0.3, -0.25) is 4.79 Å². The molecule has 9 heteroatoms.